The van der Waals surface area contributed by atoms with E-state index in [1.807, 2.05) is 0 Å². The van der Waals surface area contributed by atoms with Gasteiger partial charge in [-0.1, -0.05) is 6.07 Å². The first kappa shape index (κ1) is 23.3. The molecular weight excluding hydrogens is 408 g/mol. The number of methoxy groups -OCH3 is 2. The van der Waals surface area contributed by atoms with Crippen LogP contribution in [0.2, 0.25) is 0 Å². The SMILES string of the molecule is COc1ccc(OC[C@H](C)NC(=O)[C@@H](C)N(c2cccc(OC)c2)S(C)(=O)=O)cc1. The van der Waals surface area contributed by atoms with E-state index in [9.17, 15) is 13.2 Å². The number of carbonyl (C=O) groups is 1. The Morgan fingerprint density at radius 2 is 1.60 bits per heavy atom. The Labute approximate surface area is 177 Å². The second kappa shape index (κ2) is 10.2. The number of benzene rings is 2. The van der Waals surface area contributed by atoms with Gasteiger partial charge in [0.2, 0.25) is 15.9 Å². The summed E-state index contributed by atoms with van der Waals surface area (Å²) in [4.78, 5) is 12.7. The number of hydrogen-bond acceptors (Lipinski definition) is 6. The smallest absolute Gasteiger partial charge is 0.243 e. The monoisotopic (exact) mass is 436 g/mol. The van der Waals surface area contributed by atoms with Crippen molar-refractivity contribution in [1.82, 2.24) is 5.32 Å². The van der Waals surface area contributed by atoms with Crippen molar-refractivity contribution in [1.29, 1.82) is 0 Å². The molecule has 2 atom stereocenters. The molecule has 0 unspecified atom stereocenters. The van der Waals surface area contributed by atoms with Gasteiger partial charge >= 0.3 is 0 Å². The van der Waals surface area contributed by atoms with Crippen molar-refractivity contribution in [2.75, 3.05) is 31.4 Å². The Morgan fingerprint density at radius 3 is 2.17 bits per heavy atom. The third kappa shape index (κ3) is 6.28. The van der Waals surface area contributed by atoms with Crippen molar-refractivity contribution < 1.29 is 27.4 Å². The van der Waals surface area contributed by atoms with Gasteiger partial charge in [-0.15, -0.1) is 0 Å². The molecule has 0 saturated heterocycles. The van der Waals surface area contributed by atoms with E-state index in [-0.39, 0.29) is 12.6 Å². The second-order valence-corrected chi connectivity index (χ2v) is 8.69. The van der Waals surface area contributed by atoms with E-state index in [1.165, 1.54) is 14.0 Å². The number of amides is 1. The summed E-state index contributed by atoms with van der Waals surface area (Å²) in [6.07, 6.45) is 1.06. The van der Waals surface area contributed by atoms with Crippen molar-refractivity contribution in [2.45, 2.75) is 25.9 Å². The van der Waals surface area contributed by atoms with E-state index in [0.717, 1.165) is 16.3 Å². The standard InChI is InChI=1S/C21H28N2O6S/c1-15(14-29-19-11-9-18(27-3)10-12-19)22-21(24)16(2)23(30(5,25)26)17-7-6-8-20(13-17)28-4/h6-13,15-16H,14H2,1-5H3,(H,22,24)/t15-,16+/m0/s1. The molecule has 164 valence electrons. The van der Waals surface area contributed by atoms with Crippen LogP contribution in [-0.4, -0.2) is 53.5 Å². The molecule has 0 bridgehead atoms. The molecule has 0 aliphatic rings. The van der Waals surface area contributed by atoms with E-state index in [1.54, 1.807) is 62.6 Å². The zero-order valence-corrected chi connectivity index (χ0v) is 18.6. The summed E-state index contributed by atoms with van der Waals surface area (Å²) in [5.74, 6) is 1.42. The van der Waals surface area contributed by atoms with Crippen LogP contribution < -0.4 is 23.8 Å². The first-order valence-electron chi connectivity index (χ1n) is 9.36. The molecule has 0 aliphatic heterocycles. The van der Waals surface area contributed by atoms with Gasteiger partial charge in [0.05, 0.1) is 32.2 Å². The van der Waals surface area contributed by atoms with Crippen molar-refractivity contribution in [3.8, 4) is 17.2 Å². The molecular formula is C21H28N2O6S. The largest absolute Gasteiger partial charge is 0.497 e. The molecule has 0 radical (unpaired) electrons. The number of anilines is 1. The normalized spacial score (nSPS) is 13.1. The Kier molecular flexibility index (Phi) is 7.93. The predicted octanol–water partition coefficient (Wildman–Crippen LogP) is 2.44. The highest BCUT2D eigenvalue weighted by Gasteiger charge is 2.30. The van der Waals surface area contributed by atoms with Crippen LogP contribution in [0, 0.1) is 0 Å². The van der Waals surface area contributed by atoms with E-state index in [4.69, 9.17) is 14.2 Å². The molecule has 2 rings (SSSR count). The lowest BCUT2D eigenvalue weighted by Gasteiger charge is -2.29. The molecule has 2 aromatic carbocycles. The van der Waals surface area contributed by atoms with Gasteiger partial charge in [-0.05, 0) is 50.2 Å². The highest BCUT2D eigenvalue weighted by atomic mass is 32.2. The number of hydrogen-bond donors (Lipinski definition) is 1. The third-order valence-electron chi connectivity index (χ3n) is 4.34. The lowest BCUT2D eigenvalue weighted by atomic mass is 10.2. The van der Waals surface area contributed by atoms with Crippen LogP contribution in [0.3, 0.4) is 0 Å². The number of carbonyl (C=O) groups excluding carboxylic acids is 1. The topological polar surface area (TPSA) is 94.2 Å². The van der Waals surface area contributed by atoms with Crippen LogP contribution in [0.5, 0.6) is 17.2 Å². The average Bonchev–Trinajstić information content (AvgIpc) is 2.71. The molecule has 1 N–H and O–H groups in total. The molecule has 9 heteroatoms. The molecule has 0 aromatic heterocycles. The zero-order chi connectivity index (χ0) is 22.3. The average molecular weight is 437 g/mol. The summed E-state index contributed by atoms with van der Waals surface area (Å²) in [5, 5.41) is 2.80. The van der Waals surface area contributed by atoms with E-state index in [2.05, 4.69) is 5.32 Å². The Morgan fingerprint density at radius 1 is 1.00 bits per heavy atom. The highest BCUT2D eigenvalue weighted by Crippen LogP contribution is 2.25. The van der Waals surface area contributed by atoms with Gasteiger partial charge in [0.1, 0.15) is 29.9 Å². The fraction of sp³-hybridized carbons (Fsp3) is 0.381. The molecule has 1 amide bonds. The number of sulfonamides is 1. The van der Waals surface area contributed by atoms with Gasteiger partial charge in [0, 0.05) is 6.07 Å². The molecule has 0 heterocycles. The number of nitrogens with zero attached hydrogens (tertiary/aromatic N) is 1. The van der Waals surface area contributed by atoms with Crippen molar-refractivity contribution in [3.05, 3.63) is 48.5 Å². The Balaban J connectivity index is 2.05. The van der Waals surface area contributed by atoms with Crippen LogP contribution in [0.1, 0.15) is 13.8 Å². The third-order valence-corrected chi connectivity index (χ3v) is 5.59. The van der Waals surface area contributed by atoms with E-state index >= 15 is 0 Å². The van der Waals surface area contributed by atoms with Gasteiger partial charge in [-0.3, -0.25) is 9.10 Å². The predicted molar refractivity (Wildman–Crippen MR) is 116 cm³/mol. The van der Waals surface area contributed by atoms with Crippen LogP contribution in [0.15, 0.2) is 48.5 Å². The number of rotatable bonds is 10. The van der Waals surface area contributed by atoms with Crippen LogP contribution in [0.25, 0.3) is 0 Å². The van der Waals surface area contributed by atoms with Gasteiger partial charge in [-0.25, -0.2) is 8.42 Å². The van der Waals surface area contributed by atoms with Gasteiger partial charge in [-0.2, -0.15) is 0 Å². The van der Waals surface area contributed by atoms with Gasteiger partial charge in [0.15, 0.2) is 0 Å². The minimum Gasteiger partial charge on any atom is -0.497 e. The summed E-state index contributed by atoms with van der Waals surface area (Å²) in [5.41, 5.74) is 0.349. The molecule has 2 aromatic rings. The quantitative estimate of drug-likeness (QED) is 0.615. The zero-order valence-electron chi connectivity index (χ0n) is 17.8. The highest BCUT2D eigenvalue weighted by molar-refractivity contribution is 7.92. The van der Waals surface area contributed by atoms with E-state index < -0.39 is 22.0 Å². The molecule has 0 fully saturated rings. The molecule has 0 spiro atoms. The summed E-state index contributed by atoms with van der Waals surface area (Å²) in [6.45, 7) is 3.54. The lowest BCUT2D eigenvalue weighted by Crippen LogP contribution is -2.50. The van der Waals surface area contributed by atoms with E-state index in [0.29, 0.717) is 17.2 Å². The van der Waals surface area contributed by atoms with Crippen molar-refractivity contribution in [2.24, 2.45) is 0 Å². The number of nitrogens with one attached hydrogen (secondary N) is 1. The Bertz CT molecular complexity index is 946. The van der Waals surface area contributed by atoms with Crippen LogP contribution in [0.4, 0.5) is 5.69 Å². The Hall–Kier alpha value is -2.94. The summed E-state index contributed by atoms with van der Waals surface area (Å²) >= 11 is 0. The van der Waals surface area contributed by atoms with Crippen LogP contribution in [-0.2, 0) is 14.8 Å². The molecule has 30 heavy (non-hydrogen) atoms. The van der Waals surface area contributed by atoms with Crippen LogP contribution >= 0.6 is 0 Å². The maximum atomic E-state index is 12.7. The second-order valence-electron chi connectivity index (χ2n) is 6.83. The number of ether oxygens (including phenoxy) is 3. The van der Waals surface area contributed by atoms with Gasteiger partial charge in [0.25, 0.3) is 0 Å². The molecule has 8 nitrogen and oxygen atoms in total. The maximum Gasteiger partial charge on any atom is 0.243 e. The summed E-state index contributed by atoms with van der Waals surface area (Å²) < 4.78 is 41.8. The molecule has 0 aliphatic carbocycles. The van der Waals surface area contributed by atoms with Crippen molar-refractivity contribution >= 4 is 21.6 Å². The minimum atomic E-state index is -3.71. The fourth-order valence-electron chi connectivity index (χ4n) is 2.85. The minimum absolute atomic E-state index is 0.225. The summed E-state index contributed by atoms with van der Waals surface area (Å²) in [7, 11) is -0.637. The fourth-order valence-corrected chi connectivity index (χ4v) is 4.02. The van der Waals surface area contributed by atoms with Gasteiger partial charge < -0.3 is 19.5 Å². The first-order chi connectivity index (χ1) is 14.2. The maximum absolute atomic E-state index is 12.7. The first-order valence-corrected chi connectivity index (χ1v) is 11.2. The summed E-state index contributed by atoms with van der Waals surface area (Å²) in [6, 6.07) is 12.3. The molecule has 0 saturated carbocycles. The lowest BCUT2D eigenvalue weighted by molar-refractivity contribution is -0.122. The van der Waals surface area contributed by atoms with Crippen molar-refractivity contribution in [3.63, 3.8) is 0 Å².